The van der Waals surface area contributed by atoms with E-state index in [-0.39, 0.29) is 59.0 Å². The lowest BCUT2D eigenvalue weighted by Gasteiger charge is -2.31. The van der Waals surface area contributed by atoms with Crippen molar-refractivity contribution in [1.82, 2.24) is 20.0 Å². The van der Waals surface area contributed by atoms with Gasteiger partial charge in [0.2, 0.25) is 5.96 Å². The number of guanidine groups is 1. The van der Waals surface area contributed by atoms with Crippen LogP contribution in [-0.2, 0) is 10.9 Å². The summed E-state index contributed by atoms with van der Waals surface area (Å²) in [5.41, 5.74) is -0.987. The monoisotopic (exact) mass is 600 g/mol. The standard InChI is InChI=1S/C25H22Cl2F4N6O3/c1-40-24(39)36-7-5-19(6-8-36)37-21(13-20(35-37)25(29,30)31)33-23(32-18-11-16(27)10-17(28)12-18)34-22(38)14-3-2-4-15(26)9-14/h2-4,9-13,19H,5-8H2,1H3,(H2,32,33,34,38). The van der Waals surface area contributed by atoms with Gasteiger partial charge in [-0.3, -0.25) is 10.1 Å². The molecule has 0 radical (unpaired) electrons. The molecule has 3 aromatic rings. The molecule has 0 bridgehead atoms. The highest BCUT2D eigenvalue weighted by Crippen LogP contribution is 2.35. The summed E-state index contributed by atoms with van der Waals surface area (Å²) >= 11 is 11.9. The van der Waals surface area contributed by atoms with Crippen molar-refractivity contribution in [2.45, 2.75) is 25.1 Å². The van der Waals surface area contributed by atoms with Crippen LogP contribution in [-0.4, -0.2) is 52.8 Å². The number of carbonyl (C=O) groups excluding carboxylic acids is 2. The molecule has 0 spiro atoms. The number of aliphatic imine (C=N–C) groups is 1. The van der Waals surface area contributed by atoms with Crippen LogP contribution >= 0.6 is 23.2 Å². The Labute approximate surface area is 235 Å². The van der Waals surface area contributed by atoms with Gasteiger partial charge in [-0.05, 0) is 49.2 Å². The van der Waals surface area contributed by atoms with Crippen LogP contribution in [0.5, 0.6) is 0 Å². The number of alkyl halides is 3. The maximum Gasteiger partial charge on any atom is 0.435 e. The first-order valence-corrected chi connectivity index (χ1v) is 12.6. The SMILES string of the molecule is COC(=O)N1CCC(n2nc(C(F)(F)F)cc2N=C(NC(=O)c2cccc(Cl)c2)Nc2cc(F)cc(Cl)c2)CC1. The van der Waals surface area contributed by atoms with Gasteiger partial charge in [0.1, 0.15) is 5.82 Å². The number of amides is 2. The molecule has 15 heteroatoms. The second-order valence-corrected chi connectivity index (χ2v) is 9.60. The van der Waals surface area contributed by atoms with Gasteiger partial charge in [0.05, 0.1) is 13.2 Å². The van der Waals surface area contributed by atoms with E-state index in [1.807, 2.05) is 0 Å². The molecular weight excluding hydrogens is 579 g/mol. The summed E-state index contributed by atoms with van der Waals surface area (Å²) in [6.07, 6.45) is -4.78. The van der Waals surface area contributed by atoms with Gasteiger partial charge in [-0.1, -0.05) is 29.3 Å². The number of benzene rings is 2. The van der Waals surface area contributed by atoms with Crippen molar-refractivity contribution < 1.29 is 31.9 Å². The number of aromatic nitrogens is 2. The number of methoxy groups -OCH3 is 1. The molecular formula is C25H22Cl2F4N6O3. The van der Waals surface area contributed by atoms with Gasteiger partial charge < -0.3 is 15.0 Å². The van der Waals surface area contributed by atoms with Crippen molar-refractivity contribution in [3.05, 3.63) is 75.7 Å². The quantitative estimate of drug-likeness (QED) is 0.208. The number of halogens is 6. The van der Waals surface area contributed by atoms with E-state index in [0.29, 0.717) is 0 Å². The van der Waals surface area contributed by atoms with E-state index in [9.17, 15) is 27.2 Å². The van der Waals surface area contributed by atoms with Crippen LogP contribution in [0.1, 0.15) is 34.9 Å². The summed E-state index contributed by atoms with van der Waals surface area (Å²) < 4.78 is 60.8. The molecule has 40 heavy (non-hydrogen) atoms. The number of likely N-dealkylation sites (tertiary alicyclic amines) is 1. The van der Waals surface area contributed by atoms with E-state index in [4.69, 9.17) is 27.9 Å². The molecule has 0 aliphatic carbocycles. The van der Waals surface area contributed by atoms with Gasteiger partial charge in [0.15, 0.2) is 11.5 Å². The van der Waals surface area contributed by atoms with Gasteiger partial charge in [-0.15, -0.1) is 0 Å². The van der Waals surface area contributed by atoms with Crippen LogP contribution in [0.25, 0.3) is 0 Å². The normalized spacial score (nSPS) is 14.7. The molecule has 9 nitrogen and oxygen atoms in total. The van der Waals surface area contributed by atoms with Crippen LogP contribution < -0.4 is 10.6 Å². The Morgan fingerprint density at radius 2 is 1.80 bits per heavy atom. The van der Waals surface area contributed by atoms with E-state index in [2.05, 4.69) is 20.7 Å². The maximum atomic E-state index is 14.0. The number of ether oxygens (including phenoxy) is 1. The number of nitrogens with one attached hydrogen (secondary N) is 2. The number of anilines is 1. The van der Waals surface area contributed by atoms with E-state index < -0.39 is 35.7 Å². The second-order valence-electron chi connectivity index (χ2n) is 8.73. The first kappa shape index (κ1) is 29.2. The molecule has 2 N–H and O–H groups in total. The molecule has 1 aliphatic rings. The van der Waals surface area contributed by atoms with Crippen molar-refractivity contribution in [1.29, 1.82) is 0 Å². The average molecular weight is 601 g/mol. The molecule has 212 valence electrons. The van der Waals surface area contributed by atoms with E-state index in [0.717, 1.165) is 22.9 Å². The van der Waals surface area contributed by atoms with E-state index in [1.54, 1.807) is 12.1 Å². The zero-order valence-electron chi connectivity index (χ0n) is 20.8. The molecule has 4 rings (SSSR count). The van der Waals surface area contributed by atoms with Crippen LogP contribution in [0.3, 0.4) is 0 Å². The zero-order valence-corrected chi connectivity index (χ0v) is 22.3. The Bertz CT molecular complexity index is 1420. The molecule has 1 aromatic heterocycles. The Morgan fingerprint density at radius 3 is 2.42 bits per heavy atom. The molecule has 2 amide bonds. The summed E-state index contributed by atoms with van der Waals surface area (Å²) in [6.45, 7) is 0.445. The predicted octanol–water partition coefficient (Wildman–Crippen LogP) is 6.28. The Kier molecular flexibility index (Phi) is 8.84. The largest absolute Gasteiger partial charge is 0.453 e. The third kappa shape index (κ3) is 7.21. The van der Waals surface area contributed by atoms with Crippen LogP contribution in [0, 0.1) is 5.82 Å². The highest BCUT2D eigenvalue weighted by molar-refractivity contribution is 6.31. The summed E-state index contributed by atoms with van der Waals surface area (Å²) in [4.78, 5) is 30.5. The fourth-order valence-corrected chi connectivity index (χ4v) is 4.48. The first-order chi connectivity index (χ1) is 18.9. The zero-order chi connectivity index (χ0) is 29.0. The van der Waals surface area contributed by atoms with Crippen molar-refractivity contribution in [3.8, 4) is 0 Å². The molecule has 0 saturated carbocycles. The summed E-state index contributed by atoms with van der Waals surface area (Å²) in [7, 11) is 1.24. The minimum absolute atomic E-state index is 0.0322. The van der Waals surface area contributed by atoms with Gasteiger partial charge in [-0.2, -0.15) is 23.3 Å². The van der Waals surface area contributed by atoms with Crippen molar-refractivity contribution in [2.24, 2.45) is 4.99 Å². The topological polar surface area (TPSA) is 101 Å². The highest BCUT2D eigenvalue weighted by atomic mass is 35.5. The van der Waals surface area contributed by atoms with Gasteiger partial charge >= 0.3 is 12.3 Å². The third-order valence-corrected chi connectivity index (χ3v) is 6.37. The minimum Gasteiger partial charge on any atom is -0.453 e. The molecule has 1 aliphatic heterocycles. The molecule has 0 unspecified atom stereocenters. The molecule has 0 atom stereocenters. The smallest absolute Gasteiger partial charge is 0.435 e. The lowest BCUT2D eigenvalue weighted by atomic mass is 10.1. The number of nitrogens with zero attached hydrogens (tertiary/aromatic N) is 4. The number of hydrogen-bond acceptors (Lipinski definition) is 5. The number of rotatable bonds is 4. The van der Waals surface area contributed by atoms with Crippen LogP contribution in [0.4, 0.5) is 33.9 Å². The van der Waals surface area contributed by atoms with E-state index >= 15 is 0 Å². The maximum absolute atomic E-state index is 14.0. The van der Waals surface area contributed by atoms with Crippen molar-refractivity contribution in [3.63, 3.8) is 0 Å². The third-order valence-electron chi connectivity index (χ3n) is 5.92. The lowest BCUT2D eigenvalue weighted by molar-refractivity contribution is -0.141. The van der Waals surface area contributed by atoms with Gasteiger partial charge in [0, 0.05) is 40.5 Å². The second kappa shape index (κ2) is 12.1. The predicted molar refractivity (Wildman–Crippen MR) is 141 cm³/mol. The van der Waals surface area contributed by atoms with Gasteiger partial charge in [0.25, 0.3) is 5.91 Å². The Morgan fingerprint density at radius 1 is 1.07 bits per heavy atom. The van der Waals surface area contributed by atoms with E-state index in [1.165, 1.54) is 30.2 Å². The lowest BCUT2D eigenvalue weighted by Crippen LogP contribution is -2.39. The number of piperidine rings is 1. The molecule has 2 aromatic carbocycles. The first-order valence-electron chi connectivity index (χ1n) is 11.8. The summed E-state index contributed by atoms with van der Waals surface area (Å²) in [5, 5.41) is 9.24. The molecule has 2 heterocycles. The van der Waals surface area contributed by atoms with Crippen LogP contribution in [0.2, 0.25) is 10.0 Å². The Hall–Kier alpha value is -3.84. The molecule has 1 fully saturated rings. The summed E-state index contributed by atoms with van der Waals surface area (Å²) in [5.74, 6) is -1.95. The molecule has 1 saturated heterocycles. The van der Waals surface area contributed by atoms with Crippen LogP contribution in [0.15, 0.2) is 53.5 Å². The Balaban J connectivity index is 1.72. The van der Waals surface area contributed by atoms with Gasteiger partial charge in [-0.25, -0.2) is 13.9 Å². The minimum atomic E-state index is -4.78. The van der Waals surface area contributed by atoms with Crippen molar-refractivity contribution in [2.75, 3.05) is 25.5 Å². The number of hydrogen-bond donors (Lipinski definition) is 2. The summed E-state index contributed by atoms with van der Waals surface area (Å²) in [6, 6.07) is 9.60. The highest BCUT2D eigenvalue weighted by Gasteiger charge is 2.37. The van der Waals surface area contributed by atoms with Crippen molar-refractivity contribution >= 4 is 52.7 Å². The number of carbonyl (C=O) groups is 2. The fraction of sp³-hybridized carbons (Fsp3) is 0.280. The average Bonchev–Trinajstić information content (AvgIpc) is 3.32. The fourth-order valence-electron chi connectivity index (χ4n) is 4.07.